The van der Waals surface area contributed by atoms with E-state index in [2.05, 4.69) is 14.5 Å². The minimum absolute atomic E-state index is 0.123. The molecule has 0 N–H and O–H groups in total. The number of halogens is 4. The summed E-state index contributed by atoms with van der Waals surface area (Å²) >= 11 is 0. The normalized spacial score (nSPS) is 11.7. The Balaban J connectivity index is 2.33. The summed E-state index contributed by atoms with van der Waals surface area (Å²) in [5.41, 5.74) is 2.44. The Kier molecular flexibility index (Phi) is 9.60. The Bertz CT molecular complexity index is 1280. The van der Waals surface area contributed by atoms with Crippen LogP contribution in [0, 0.1) is 0 Å². The fourth-order valence-corrected chi connectivity index (χ4v) is 4.92. The van der Waals surface area contributed by atoms with Gasteiger partial charge in [0.1, 0.15) is 5.75 Å². The molecule has 3 aromatic rings. The van der Waals surface area contributed by atoms with Crippen molar-refractivity contribution in [3.63, 3.8) is 0 Å². The molecule has 1 heterocycles. The Labute approximate surface area is 227 Å². The van der Waals surface area contributed by atoms with Gasteiger partial charge in [0.2, 0.25) is 9.04 Å². The van der Waals surface area contributed by atoms with Crippen LogP contribution < -0.4 is 18.8 Å². The van der Waals surface area contributed by atoms with E-state index in [-0.39, 0.29) is 12.3 Å². The molecule has 0 fully saturated rings. The average Bonchev–Trinajstić information content (AvgIpc) is 2.82. The third kappa shape index (κ3) is 7.72. The second-order valence-corrected chi connectivity index (χ2v) is 12.5. The molecule has 0 aliphatic carbocycles. The number of Topliss-reactive ketones (excluding diaryl/α,β-unsaturated/α-hetero) is 1. The van der Waals surface area contributed by atoms with Crippen molar-refractivity contribution in [2.75, 3.05) is 4.90 Å². The van der Waals surface area contributed by atoms with Gasteiger partial charge in [-0.3, -0.25) is 9.78 Å². The Morgan fingerprint density at radius 2 is 1.67 bits per heavy atom. The maximum Gasteiger partial charge on any atom is 0.387 e. The van der Waals surface area contributed by atoms with Crippen molar-refractivity contribution < 1.29 is 36.3 Å². The molecular formula is C28H32F4N2O4Si. The van der Waals surface area contributed by atoms with Crippen LogP contribution >= 0.6 is 0 Å². The minimum Gasteiger partial charge on any atom is -0.545 e. The smallest absolute Gasteiger partial charge is 0.387 e. The summed E-state index contributed by atoms with van der Waals surface area (Å²) in [5, 5.41) is 0. The number of rotatable bonds is 11. The molecule has 0 saturated carbocycles. The van der Waals surface area contributed by atoms with E-state index in [1.165, 1.54) is 19.1 Å². The molecule has 0 unspecified atom stereocenters. The summed E-state index contributed by atoms with van der Waals surface area (Å²) in [6.45, 7) is 5.13. The van der Waals surface area contributed by atoms with Crippen LogP contribution in [-0.2, 0) is 12.0 Å². The maximum atomic E-state index is 13.2. The number of anilines is 2. The zero-order valence-electron chi connectivity index (χ0n) is 22.7. The first kappa shape index (κ1) is 29.9. The van der Waals surface area contributed by atoms with E-state index < -0.39 is 39.2 Å². The molecule has 210 valence electrons. The number of benzene rings is 2. The van der Waals surface area contributed by atoms with Crippen LogP contribution in [0.25, 0.3) is 0 Å². The number of ether oxygens (including phenoxy) is 2. The average molecular weight is 565 g/mol. The maximum absolute atomic E-state index is 13.2. The van der Waals surface area contributed by atoms with E-state index in [0.29, 0.717) is 28.3 Å². The third-order valence-corrected chi connectivity index (χ3v) is 6.35. The summed E-state index contributed by atoms with van der Waals surface area (Å²) in [7, 11) is -1.73. The Morgan fingerprint density at radius 3 is 2.21 bits per heavy atom. The van der Waals surface area contributed by atoms with Gasteiger partial charge >= 0.3 is 13.2 Å². The number of carbonyl (C=O) groups excluding carboxylic acids is 1. The van der Waals surface area contributed by atoms with Gasteiger partial charge < -0.3 is 18.8 Å². The SMILES string of the molecule is CC(=O)c1ccc(N(Cc2cccnc2)c2ccc(OC(F)F)c(OC(F)F)c2)c(O[SiH](C)C)c1C(C)(C)C. The monoisotopic (exact) mass is 564 g/mol. The first-order valence-electron chi connectivity index (χ1n) is 12.3. The van der Waals surface area contributed by atoms with Gasteiger partial charge in [-0.2, -0.15) is 17.6 Å². The molecule has 2 aromatic carbocycles. The zero-order valence-corrected chi connectivity index (χ0v) is 23.8. The molecule has 0 aliphatic rings. The predicted octanol–water partition coefficient (Wildman–Crippen LogP) is 7.49. The van der Waals surface area contributed by atoms with Crippen LogP contribution in [0.4, 0.5) is 28.9 Å². The summed E-state index contributed by atoms with van der Waals surface area (Å²) in [6, 6.07) is 10.9. The van der Waals surface area contributed by atoms with Crippen LogP contribution in [0.15, 0.2) is 54.9 Å². The van der Waals surface area contributed by atoms with Gasteiger partial charge in [-0.15, -0.1) is 0 Å². The summed E-state index contributed by atoms with van der Waals surface area (Å²) < 4.78 is 67.8. The molecule has 0 amide bonds. The lowest BCUT2D eigenvalue weighted by Crippen LogP contribution is -2.25. The van der Waals surface area contributed by atoms with E-state index in [1.807, 2.05) is 39.9 Å². The molecule has 39 heavy (non-hydrogen) atoms. The molecule has 6 nitrogen and oxygen atoms in total. The number of hydrogen-bond donors (Lipinski definition) is 0. The van der Waals surface area contributed by atoms with Crippen LogP contribution in [0.3, 0.4) is 0 Å². The summed E-state index contributed by atoms with van der Waals surface area (Å²) in [5.74, 6) is -0.688. The molecular weight excluding hydrogens is 532 g/mol. The number of aromatic nitrogens is 1. The molecule has 0 saturated heterocycles. The highest BCUT2D eigenvalue weighted by Crippen LogP contribution is 2.46. The molecule has 1 aromatic heterocycles. The van der Waals surface area contributed by atoms with Crippen LogP contribution in [0.1, 0.15) is 49.2 Å². The highest BCUT2D eigenvalue weighted by Gasteiger charge is 2.30. The molecule has 0 spiro atoms. The van der Waals surface area contributed by atoms with Crippen molar-refractivity contribution >= 4 is 26.2 Å². The van der Waals surface area contributed by atoms with Crippen molar-refractivity contribution in [2.45, 2.75) is 66.0 Å². The highest BCUT2D eigenvalue weighted by molar-refractivity contribution is 6.49. The number of pyridine rings is 1. The minimum atomic E-state index is -3.26. The fraction of sp³-hybridized carbons (Fsp3) is 0.357. The van der Waals surface area contributed by atoms with Gasteiger partial charge in [0.25, 0.3) is 0 Å². The molecule has 11 heteroatoms. The third-order valence-electron chi connectivity index (χ3n) is 5.65. The number of alkyl halides is 4. The zero-order chi connectivity index (χ0) is 28.9. The fourth-order valence-electron chi connectivity index (χ4n) is 4.21. The van der Waals surface area contributed by atoms with E-state index in [0.717, 1.165) is 11.6 Å². The summed E-state index contributed by atoms with van der Waals surface area (Å²) in [6.07, 6.45) is 3.28. The van der Waals surface area contributed by atoms with E-state index in [4.69, 9.17) is 4.43 Å². The lowest BCUT2D eigenvalue weighted by molar-refractivity contribution is -0.0692. The van der Waals surface area contributed by atoms with Crippen molar-refractivity contribution in [3.8, 4) is 17.2 Å². The topological polar surface area (TPSA) is 60.9 Å². The first-order chi connectivity index (χ1) is 18.3. The van der Waals surface area contributed by atoms with Gasteiger partial charge in [-0.25, -0.2) is 0 Å². The highest BCUT2D eigenvalue weighted by atomic mass is 28.3. The first-order valence-corrected chi connectivity index (χ1v) is 15.1. The van der Waals surface area contributed by atoms with Gasteiger partial charge in [0.05, 0.1) is 5.69 Å². The lowest BCUT2D eigenvalue weighted by atomic mass is 9.81. The number of ketones is 1. The van der Waals surface area contributed by atoms with Gasteiger partial charge in [0, 0.05) is 41.8 Å². The second-order valence-electron chi connectivity index (χ2n) is 10.1. The number of nitrogens with zero attached hydrogens (tertiary/aromatic N) is 2. The standard InChI is InChI=1S/C28H32F4N2O4Si/c1-17(35)20-10-11-21(25(38-39(5)6)24(20)28(2,3)4)34(16-18-8-7-13-33-15-18)19-9-12-22(36-26(29)30)23(14-19)37-27(31)32/h7-15,26-27,39H,16H2,1-6H3. The second kappa shape index (κ2) is 12.5. The summed E-state index contributed by atoms with van der Waals surface area (Å²) in [4.78, 5) is 18.6. The molecule has 0 atom stereocenters. The van der Waals surface area contributed by atoms with Gasteiger partial charge in [0.15, 0.2) is 17.3 Å². The molecule has 0 bridgehead atoms. The van der Waals surface area contributed by atoms with Gasteiger partial charge in [-0.05, 0) is 61.3 Å². The Hall–Kier alpha value is -3.60. The number of carbonyl (C=O) groups is 1. The van der Waals surface area contributed by atoms with E-state index in [1.54, 1.807) is 35.5 Å². The van der Waals surface area contributed by atoms with Crippen molar-refractivity contribution in [3.05, 3.63) is 71.5 Å². The lowest BCUT2D eigenvalue weighted by Gasteiger charge is -2.33. The van der Waals surface area contributed by atoms with Gasteiger partial charge in [-0.1, -0.05) is 26.8 Å². The van der Waals surface area contributed by atoms with Crippen molar-refractivity contribution in [1.82, 2.24) is 4.98 Å². The van der Waals surface area contributed by atoms with E-state index in [9.17, 15) is 22.4 Å². The molecule has 3 rings (SSSR count). The number of hydrogen-bond acceptors (Lipinski definition) is 6. The quantitative estimate of drug-likeness (QED) is 0.137. The Morgan fingerprint density at radius 1 is 1.00 bits per heavy atom. The largest absolute Gasteiger partial charge is 0.545 e. The van der Waals surface area contributed by atoms with Crippen LogP contribution in [0.5, 0.6) is 17.2 Å². The van der Waals surface area contributed by atoms with E-state index >= 15 is 0 Å². The van der Waals surface area contributed by atoms with Crippen LogP contribution in [0.2, 0.25) is 13.1 Å². The molecule has 0 aliphatic heterocycles. The molecule has 0 radical (unpaired) electrons. The van der Waals surface area contributed by atoms with Crippen molar-refractivity contribution in [2.24, 2.45) is 0 Å². The van der Waals surface area contributed by atoms with Crippen LogP contribution in [-0.4, -0.2) is 33.0 Å². The van der Waals surface area contributed by atoms with Crippen molar-refractivity contribution in [1.29, 1.82) is 0 Å². The predicted molar refractivity (Wildman–Crippen MR) is 144 cm³/mol.